The Morgan fingerprint density at radius 1 is 1.18 bits per heavy atom. The van der Waals surface area contributed by atoms with E-state index in [1.807, 2.05) is 0 Å². The van der Waals surface area contributed by atoms with Gasteiger partial charge in [0.25, 0.3) is 15.7 Å². The quantitative estimate of drug-likeness (QED) is 0.501. The third-order valence-corrected chi connectivity index (χ3v) is 5.58. The topological polar surface area (TPSA) is 119 Å². The van der Waals surface area contributed by atoms with Gasteiger partial charge in [-0.05, 0) is 31.2 Å². The van der Waals surface area contributed by atoms with Crippen molar-refractivity contribution in [1.29, 1.82) is 0 Å². The molecule has 0 fully saturated rings. The minimum Gasteiger partial charge on any atom is -0.383 e. The highest BCUT2D eigenvalue weighted by Crippen LogP contribution is 2.25. The molecule has 1 amide bonds. The molecule has 0 saturated carbocycles. The van der Waals surface area contributed by atoms with E-state index in [4.69, 9.17) is 4.74 Å². The van der Waals surface area contributed by atoms with E-state index in [9.17, 15) is 23.3 Å². The highest BCUT2D eigenvalue weighted by atomic mass is 32.2. The second-order valence-electron chi connectivity index (χ2n) is 6.02. The number of hydrogen-bond acceptors (Lipinski definition) is 6. The molecule has 2 aromatic rings. The maximum absolute atomic E-state index is 13.1. The van der Waals surface area contributed by atoms with Gasteiger partial charge in [0, 0.05) is 25.3 Å². The Bertz CT molecular complexity index is 916. The smallest absolute Gasteiger partial charge is 0.269 e. The van der Waals surface area contributed by atoms with Crippen molar-refractivity contribution in [2.75, 3.05) is 24.6 Å². The molecule has 2 rings (SSSR count). The van der Waals surface area contributed by atoms with Gasteiger partial charge in [-0.2, -0.15) is 0 Å². The Balaban J connectivity index is 2.38. The van der Waals surface area contributed by atoms with E-state index in [2.05, 4.69) is 5.32 Å². The summed E-state index contributed by atoms with van der Waals surface area (Å²) < 4.78 is 32.0. The van der Waals surface area contributed by atoms with Crippen LogP contribution in [0, 0.1) is 10.1 Å². The second-order valence-corrected chi connectivity index (χ2v) is 7.88. The first-order valence-corrected chi connectivity index (χ1v) is 9.80. The zero-order valence-electron chi connectivity index (χ0n) is 15.4. The lowest BCUT2D eigenvalue weighted by Gasteiger charge is -2.25. The van der Waals surface area contributed by atoms with E-state index in [-0.39, 0.29) is 28.9 Å². The number of carbonyl (C=O) groups excluding carboxylic acids is 1. The van der Waals surface area contributed by atoms with Crippen LogP contribution in [0.15, 0.2) is 59.5 Å². The van der Waals surface area contributed by atoms with E-state index in [0.717, 1.165) is 4.31 Å². The zero-order chi connectivity index (χ0) is 20.7. The van der Waals surface area contributed by atoms with Crippen LogP contribution in [0.2, 0.25) is 0 Å². The fraction of sp³-hybridized carbons (Fsp3) is 0.278. The van der Waals surface area contributed by atoms with E-state index in [1.165, 1.54) is 43.5 Å². The van der Waals surface area contributed by atoms with Crippen LogP contribution in [-0.2, 0) is 19.6 Å². The normalized spacial score (nSPS) is 12.2. The van der Waals surface area contributed by atoms with Gasteiger partial charge in [-0.1, -0.05) is 18.2 Å². The fourth-order valence-electron chi connectivity index (χ4n) is 2.52. The van der Waals surface area contributed by atoms with E-state index >= 15 is 0 Å². The molecule has 1 N–H and O–H groups in total. The highest BCUT2D eigenvalue weighted by Gasteiger charge is 2.27. The van der Waals surface area contributed by atoms with Crippen molar-refractivity contribution in [3.8, 4) is 0 Å². The molecule has 150 valence electrons. The van der Waals surface area contributed by atoms with Crippen molar-refractivity contribution in [2.24, 2.45) is 0 Å². The van der Waals surface area contributed by atoms with E-state index in [0.29, 0.717) is 0 Å². The minimum absolute atomic E-state index is 0.00564. The second kappa shape index (κ2) is 9.29. The van der Waals surface area contributed by atoms with Crippen LogP contribution in [0.5, 0.6) is 0 Å². The lowest BCUT2D eigenvalue weighted by atomic mass is 10.3. The van der Waals surface area contributed by atoms with Crippen molar-refractivity contribution in [2.45, 2.75) is 17.9 Å². The summed E-state index contributed by atoms with van der Waals surface area (Å²) in [5.74, 6) is -0.526. The van der Waals surface area contributed by atoms with Gasteiger partial charge in [0.15, 0.2) is 0 Å². The summed E-state index contributed by atoms with van der Waals surface area (Å²) in [5, 5.41) is 13.5. The van der Waals surface area contributed by atoms with Crippen molar-refractivity contribution in [3.05, 3.63) is 64.7 Å². The van der Waals surface area contributed by atoms with Gasteiger partial charge in [-0.25, -0.2) is 8.42 Å². The van der Waals surface area contributed by atoms with Crippen molar-refractivity contribution in [3.63, 3.8) is 0 Å². The predicted molar refractivity (Wildman–Crippen MR) is 104 cm³/mol. The Labute approximate surface area is 163 Å². The molecular formula is C18H21N3O6S. The minimum atomic E-state index is -4.06. The van der Waals surface area contributed by atoms with Crippen molar-refractivity contribution >= 4 is 27.3 Å². The molecule has 0 aromatic heterocycles. The third-order valence-electron chi connectivity index (χ3n) is 3.79. The van der Waals surface area contributed by atoms with Gasteiger partial charge in [0.2, 0.25) is 5.91 Å². The highest BCUT2D eigenvalue weighted by molar-refractivity contribution is 7.92. The lowest BCUT2D eigenvalue weighted by molar-refractivity contribution is -0.384. The number of methoxy groups -OCH3 is 1. The number of carbonyl (C=O) groups is 1. The van der Waals surface area contributed by atoms with Gasteiger partial charge in [-0.3, -0.25) is 19.2 Å². The first-order valence-electron chi connectivity index (χ1n) is 8.36. The van der Waals surface area contributed by atoms with Crippen LogP contribution in [0.1, 0.15) is 6.92 Å². The number of rotatable bonds is 9. The number of nitrogens with one attached hydrogen (secondary N) is 1. The van der Waals surface area contributed by atoms with Crippen LogP contribution in [0.25, 0.3) is 0 Å². The van der Waals surface area contributed by atoms with Crippen LogP contribution in [-0.4, -0.2) is 45.6 Å². The number of nitrogens with zero attached hydrogens (tertiary/aromatic N) is 2. The number of sulfonamides is 1. The van der Waals surface area contributed by atoms with Gasteiger partial charge in [0.1, 0.15) is 6.54 Å². The summed E-state index contributed by atoms with van der Waals surface area (Å²) in [6.45, 7) is 1.51. The van der Waals surface area contributed by atoms with Gasteiger partial charge in [-0.15, -0.1) is 0 Å². The SMILES string of the molecule is COC[C@@H](C)NC(=O)CN(c1ccc([N+](=O)[O-])cc1)S(=O)(=O)c1ccccc1. The Morgan fingerprint density at radius 2 is 1.79 bits per heavy atom. The Hall–Kier alpha value is -2.98. The molecule has 0 spiro atoms. The molecule has 9 nitrogen and oxygen atoms in total. The van der Waals surface area contributed by atoms with Gasteiger partial charge in [0.05, 0.1) is 22.1 Å². The molecule has 0 saturated heterocycles. The molecule has 28 heavy (non-hydrogen) atoms. The largest absolute Gasteiger partial charge is 0.383 e. The Kier molecular flexibility index (Phi) is 7.07. The fourth-order valence-corrected chi connectivity index (χ4v) is 3.96. The number of nitro benzene ring substituents is 1. The predicted octanol–water partition coefficient (Wildman–Crippen LogP) is 1.94. The van der Waals surface area contributed by atoms with Crippen molar-refractivity contribution < 1.29 is 22.9 Å². The molecule has 2 aromatic carbocycles. The summed E-state index contributed by atoms with van der Waals surface area (Å²) >= 11 is 0. The number of nitro groups is 1. The summed E-state index contributed by atoms with van der Waals surface area (Å²) in [6, 6.07) is 12.3. The molecule has 0 unspecified atom stereocenters. The van der Waals surface area contributed by atoms with E-state index in [1.54, 1.807) is 25.1 Å². The molecular weight excluding hydrogens is 386 g/mol. The molecule has 1 atom stereocenters. The maximum Gasteiger partial charge on any atom is 0.269 e. The number of non-ortho nitro benzene ring substituents is 1. The monoisotopic (exact) mass is 407 g/mol. The summed E-state index contributed by atoms with van der Waals surface area (Å²) in [5.41, 5.74) is -0.0389. The molecule has 0 heterocycles. The number of amides is 1. The first kappa shape index (κ1) is 21.3. The van der Waals surface area contributed by atoms with Gasteiger partial charge < -0.3 is 10.1 Å². The van der Waals surface area contributed by atoms with Gasteiger partial charge >= 0.3 is 0 Å². The van der Waals surface area contributed by atoms with E-state index < -0.39 is 27.4 Å². The van der Waals surface area contributed by atoms with Crippen LogP contribution >= 0.6 is 0 Å². The zero-order valence-corrected chi connectivity index (χ0v) is 16.3. The first-order chi connectivity index (χ1) is 13.3. The van der Waals surface area contributed by atoms with Crippen LogP contribution in [0.3, 0.4) is 0 Å². The lowest BCUT2D eigenvalue weighted by Crippen LogP contribution is -2.44. The molecule has 0 bridgehead atoms. The summed E-state index contributed by atoms with van der Waals surface area (Å²) in [7, 11) is -2.57. The van der Waals surface area contributed by atoms with Crippen LogP contribution < -0.4 is 9.62 Å². The summed E-state index contributed by atoms with van der Waals surface area (Å²) in [4.78, 5) is 22.7. The third kappa shape index (κ3) is 5.27. The summed E-state index contributed by atoms with van der Waals surface area (Å²) in [6.07, 6.45) is 0. The van der Waals surface area contributed by atoms with Crippen molar-refractivity contribution in [1.82, 2.24) is 5.32 Å². The molecule has 0 aliphatic carbocycles. The van der Waals surface area contributed by atoms with Crippen LogP contribution in [0.4, 0.5) is 11.4 Å². The standard InChI is InChI=1S/C18H21N3O6S/c1-14(13-27-2)19-18(22)12-20(15-8-10-16(11-9-15)21(23)24)28(25,26)17-6-4-3-5-7-17/h3-11,14H,12-13H2,1-2H3,(H,19,22)/t14-/m1/s1. The number of benzene rings is 2. The molecule has 0 aliphatic heterocycles. The maximum atomic E-state index is 13.1. The number of anilines is 1. The average Bonchev–Trinajstić information content (AvgIpc) is 2.67. The average molecular weight is 407 g/mol. The Morgan fingerprint density at radius 3 is 2.32 bits per heavy atom. The molecule has 0 aliphatic rings. The molecule has 10 heteroatoms. The number of ether oxygens (including phenoxy) is 1. The number of hydrogen-bond donors (Lipinski definition) is 1. The molecule has 0 radical (unpaired) electrons.